The van der Waals surface area contributed by atoms with E-state index in [1.165, 1.54) is 0 Å². The lowest BCUT2D eigenvalue weighted by Gasteiger charge is -2.20. The zero-order valence-electron chi connectivity index (χ0n) is 11.9. The molecule has 21 heavy (non-hydrogen) atoms. The number of benzene rings is 1. The van der Waals surface area contributed by atoms with Gasteiger partial charge in [-0.05, 0) is 12.5 Å². The highest BCUT2D eigenvalue weighted by atomic mass is 16.4. The fourth-order valence-electron chi connectivity index (χ4n) is 2.20. The van der Waals surface area contributed by atoms with Crippen molar-refractivity contribution >= 4 is 11.9 Å². The van der Waals surface area contributed by atoms with Gasteiger partial charge in [0.2, 0.25) is 0 Å². The maximum Gasteiger partial charge on any atom is 0.305 e. The van der Waals surface area contributed by atoms with E-state index in [0.717, 1.165) is 11.1 Å². The number of nitrogens with zero attached hydrogens (tertiary/aromatic N) is 1. The van der Waals surface area contributed by atoms with E-state index in [1.807, 2.05) is 37.3 Å². The summed E-state index contributed by atoms with van der Waals surface area (Å²) in [5, 5.41) is 8.76. The zero-order valence-corrected chi connectivity index (χ0v) is 11.9. The number of carboxylic acids is 1. The van der Waals surface area contributed by atoms with E-state index in [1.54, 1.807) is 17.3 Å². The average molecular weight is 286 g/mol. The van der Waals surface area contributed by atoms with Crippen LogP contribution < -0.4 is 0 Å². The molecule has 110 valence electrons. The lowest BCUT2D eigenvalue weighted by molar-refractivity contribution is -0.137. The molecule has 5 heteroatoms. The maximum atomic E-state index is 12.6. The number of aromatic nitrogens is 1. The monoisotopic (exact) mass is 286 g/mol. The molecule has 2 rings (SSSR count). The molecular weight excluding hydrogens is 268 g/mol. The van der Waals surface area contributed by atoms with Gasteiger partial charge in [-0.1, -0.05) is 30.3 Å². The largest absolute Gasteiger partial charge is 0.481 e. The van der Waals surface area contributed by atoms with Gasteiger partial charge in [0.25, 0.3) is 5.91 Å². The molecule has 0 aliphatic heterocycles. The Balaban J connectivity index is 2.23. The van der Waals surface area contributed by atoms with Gasteiger partial charge in [-0.2, -0.15) is 0 Å². The first-order chi connectivity index (χ1) is 10.1. The summed E-state index contributed by atoms with van der Waals surface area (Å²) in [6.45, 7) is 2.53. The van der Waals surface area contributed by atoms with Crippen molar-refractivity contribution in [2.75, 3.05) is 13.1 Å². The highest BCUT2D eigenvalue weighted by Crippen LogP contribution is 2.24. The fourth-order valence-corrected chi connectivity index (χ4v) is 2.20. The predicted octanol–water partition coefficient (Wildman–Crippen LogP) is 2.62. The molecule has 5 nitrogen and oxygen atoms in total. The number of aliphatic carboxylic acids is 1. The first kappa shape index (κ1) is 14.8. The van der Waals surface area contributed by atoms with Gasteiger partial charge in [-0.15, -0.1) is 0 Å². The summed E-state index contributed by atoms with van der Waals surface area (Å²) >= 11 is 0. The second kappa shape index (κ2) is 6.74. The number of carbonyl (C=O) groups is 2. The van der Waals surface area contributed by atoms with E-state index >= 15 is 0 Å². The molecule has 0 aliphatic carbocycles. The van der Waals surface area contributed by atoms with Crippen molar-refractivity contribution in [2.45, 2.75) is 13.3 Å². The van der Waals surface area contributed by atoms with Crippen molar-refractivity contribution < 1.29 is 14.7 Å². The number of nitrogens with one attached hydrogen (secondary N) is 1. The normalized spacial score (nSPS) is 10.3. The Kier molecular flexibility index (Phi) is 4.77. The van der Waals surface area contributed by atoms with Crippen molar-refractivity contribution in [3.63, 3.8) is 0 Å². The van der Waals surface area contributed by atoms with Gasteiger partial charge in [0, 0.05) is 31.0 Å². The number of carbonyl (C=O) groups excluding carboxylic acids is 1. The molecule has 0 radical (unpaired) electrons. The van der Waals surface area contributed by atoms with Crippen molar-refractivity contribution in [2.24, 2.45) is 0 Å². The molecule has 1 heterocycles. The molecular formula is C16H18N2O3. The predicted molar refractivity (Wildman–Crippen MR) is 80.1 cm³/mol. The van der Waals surface area contributed by atoms with E-state index < -0.39 is 5.97 Å². The SMILES string of the molecule is CCN(CCC(=O)O)C(=O)c1c[nH]cc1-c1ccccc1. The second-order valence-electron chi connectivity index (χ2n) is 4.68. The molecule has 1 aromatic heterocycles. The van der Waals surface area contributed by atoms with E-state index in [2.05, 4.69) is 4.98 Å². The lowest BCUT2D eigenvalue weighted by atomic mass is 10.0. The number of hydrogen-bond acceptors (Lipinski definition) is 2. The molecule has 1 amide bonds. The van der Waals surface area contributed by atoms with E-state index in [0.29, 0.717) is 12.1 Å². The molecule has 0 spiro atoms. The summed E-state index contributed by atoms with van der Waals surface area (Å²) in [6, 6.07) is 9.63. The van der Waals surface area contributed by atoms with Crippen LogP contribution in [0.5, 0.6) is 0 Å². The fraction of sp³-hybridized carbons (Fsp3) is 0.250. The van der Waals surface area contributed by atoms with Crippen LogP contribution in [0.4, 0.5) is 0 Å². The summed E-state index contributed by atoms with van der Waals surface area (Å²) in [7, 11) is 0. The third kappa shape index (κ3) is 3.51. The van der Waals surface area contributed by atoms with Gasteiger partial charge >= 0.3 is 5.97 Å². The van der Waals surface area contributed by atoms with Crippen LogP contribution in [0, 0.1) is 0 Å². The Morgan fingerprint density at radius 1 is 1.19 bits per heavy atom. The van der Waals surface area contributed by atoms with Crippen LogP contribution in [0.25, 0.3) is 11.1 Å². The van der Waals surface area contributed by atoms with Crippen LogP contribution in [0.15, 0.2) is 42.7 Å². The smallest absolute Gasteiger partial charge is 0.305 e. The Morgan fingerprint density at radius 3 is 2.52 bits per heavy atom. The third-order valence-electron chi connectivity index (χ3n) is 3.33. The van der Waals surface area contributed by atoms with Gasteiger partial charge in [0.15, 0.2) is 0 Å². The summed E-state index contributed by atoms with van der Waals surface area (Å²) in [6.07, 6.45) is 3.40. The van der Waals surface area contributed by atoms with Crippen LogP contribution in [0.1, 0.15) is 23.7 Å². The second-order valence-corrected chi connectivity index (χ2v) is 4.68. The van der Waals surface area contributed by atoms with Gasteiger partial charge in [-0.3, -0.25) is 9.59 Å². The molecule has 1 aromatic carbocycles. The van der Waals surface area contributed by atoms with E-state index in [9.17, 15) is 9.59 Å². The van der Waals surface area contributed by atoms with Crippen LogP contribution >= 0.6 is 0 Å². The summed E-state index contributed by atoms with van der Waals surface area (Å²) in [5.74, 6) is -1.06. The summed E-state index contributed by atoms with van der Waals surface area (Å²) < 4.78 is 0. The van der Waals surface area contributed by atoms with E-state index in [4.69, 9.17) is 5.11 Å². The average Bonchev–Trinajstić information content (AvgIpc) is 2.97. The van der Waals surface area contributed by atoms with Gasteiger partial charge in [-0.25, -0.2) is 0 Å². The molecule has 2 N–H and O–H groups in total. The molecule has 0 aliphatic rings. The highest BCUT2D eigenvalue weighted by Gasteiger charge is 2.19. The number of hydrogen-bond donors (Lipinski definition) is 2. The quantitative estimate of drug-likeness (QED) is 0.857. The third-order valence-corrected chi connectivity index (χ3v) is 3.33. The minimum Gasteiger partial charge on any atom is -0.481 e. The number of rotatable bonds is 6. The van der Waals surface area contributed by atoms with Crippen molar-refractivity contribution in [3.8, 4) is 11.1 Å². The van der Waals surface area contributed by atoms with Crippen LogP contribution in [-0.4, -0.2) is 40.0 Å². The topological polar surface area (TPSA) is 73.4 Å². The summed E-state index contributed by atoms with van der Waals surface area (Å²) in [4.78, 5) is 27.7. The standard InChI is InChI=1S/C16H18N2O3/c1-2-18(9-8-15(19)20)16(21)14-11-17-10-13(14)12-6-4-3-5-7-12/h3-7,10-11,17H,2,8-9H2,1H3,(H,19,20). The molecule has 0 saturated carbocycles. The number of carboxylic acid groups (broad SMARTS) is 1. The van der Waals surface area contributed by atoms with Crippen molar-refractivity contribution in [3.05, 3.63) is 48.3 Å². The molecule has 2 aromatic rings. The minimum absolute atomic E-state index is 0.0509. The zero-order chi connectivity index (χ0) is 15.2. The van der Waals surface area contributed by atoms with Crippen LogP contribution in [0.3, 0.4) is 0 Å². The van der Waals surface area contributed by atoms with Crippen molar-refractivity contribution in [1.82, 2.24) is 9.88 Å². The molecule has 0 saturated heterocycles. The minimum atomic E-state index is -0.904. The maximum absolute atomic E-state index is 12.6. The molecule has 0 unspecified atom stereocenters. The first-order valence-electron chi connectivity index (χ1n) is 6.86. The lowest BCUT2D eigenvalue weighted by Crippen LogP contribution is -2.32. The Bertz CT molecular complexity index is 619. The Hall–Kier alpha value is -2.56. The molecule has 0 atom stereocenters. The van der Waals surface area contributed by atoms with Crippen molar-refractivity contribution in [1.29, 1.82) is 0 Å². The van der Waals surface area contributed by atoms with E-state index in [-0.39, 0.29) is 18.9 Å². The van der Waals surface area contributed by atoms with Gasteiger partial charge in [0.1, 0.15) is 0 Å². The number of H-pyrrole nitrogens is 1. The Labute approximate surface area is 123 Å². The van der Waals surface area contributed by atoms with Gasteiger partial charge < -0.3 is 15.0 Å². The molecule has 0 fully saturated rings. The van der Waals surface area contributed by atoms with Gasteiger partial charge in [0.05, 0.1) is 12.0 Å². The molecule has 0 bridgehead atoms. The van der Waals surface area contributed by atoms with Crippen LogP contribution in [-0.2, 0) is 4.79 Å². The summed E-state index contributed by atoms with van der Waals surface area (Å²) in [5.41, 5.74) is 2.35. The highest BCUT2D eigenvalue weighted by molar-refractivity contribution is 6.00. The number of amides is 1. The Morgan fingerprint density at radius 2 is 1.90 bits per heavy atom. The number of aromatic amines is 1. The van der Waals surface area contributed by atoms with Crippen LogP contribution in [0.2, 0.25) is 0 Å². The first-order valence-corrected chi connectivity index (χ1v) is 6.86.